The van der Waals surface area contributed by atoms with E-state index in [1.54, 1.807) is 0 Å². The van der Waals surface area contributed by atoms with Gasteiger partial charge in [0.05, 0.1) is 3.57 Å². The van der Waals surface area contributed by atoms with Crippen LogP contribution in [0.15, 0.2) is 6.07 Å². The molecule has 0 aromatic heterocycles. The van der Waals surface area contributed by atoms with E-state index < -0.39 is 0 Å². The van der Waals surface area contributed by atoms with Gasteiger partial charge < -0.3 is 10.4 Å². The average Bonchev–Trinajstić information content (AvgIpc) is 2.56. The Morgan fingerprint density at radius 2 is 2.33 bits per heavy atom. The van der Waals surface area contributed by atoms with E-state index in [4.69, 9.17) is 0 Å². The number of hydrogen-bond acceptors (Lipinski definition) is 2. The second-order valence-electron chi connectivity index (χ2n) is 4.22. The highest BCUT2D eigenvalue weighted by Crippen LogP contribution is 2.40. The average molecular weight is 317 g/mol. The van der Waals surface area contributed by atoms with Gasteiger partial charge in [0.2, 0.25) is 0 Å². The molecule has 0 amide bonds. The highest BCUT2D eigenvalue weighted by atomic mass is 127. The summed E-state index contributed by atoms with van der Waals surface area (Å²) < 4.78 is 0.977. The van der Waals surface area contributed by atoms with Crippen molar-refractivity contribution in [1.82, 2.24) is 5.32 Å². The molecule has 1 aromatic carbocycles. The molecule has 0 bridgehead atoms. The number of rotatable bonds is 2. The second-order valence-corrected chi connectivity index (χ2v) is 5.39. The highest BCUT2D eigenvalue weighted by Gasteiger charge is 2.24. The van der Waals surface area contributed by atoms with Crippen LogP contribution in [0.5, 0.6) is 5.75 Å². The number of fused-ring (bicyclic) bond motifs is 1. The molecule has 2 rings (SSSR count). The molecule has 2 N–H and O–H groups in total. The molecule has 2 nitrogen and oxygen atoms in total. The lowest BCUT2D eigenvalue weighted by molar-refractivity contribution is 0.461. The first-order chi connectivity index (χ1) is 7.15. The minimum Gasteiger partial charge on any atom is -0.506 e. The molecule has 82 valence electrons. The molecule has 0 aliphatic heterocycles. The zero-order valence-electron chi connectivity index (χ0n) is 9.10. The smallest absolute Gasteiger partial charge is 0.133 e. The van der Waals surface area contributed by atoms with Gasteiger partial charge in [-0.15, -0.1) is 0 Å². The number of hydrogen-bond donors (Lipinski definition) is 2. The minimum absolute atomic E-state index is 0.470. The van der Waals surface area contributed by atoms with Gasteiger partial charge in [-0.3, -0.25) is 0 Å². The van der Waals surface area contributed by atoms with E-state index in [0.717, 1.165) is 22.1 Å². The van der Waals surface area contributed by atoms with Gasteiger partial charge in [0.25, 0.3) is 0 Å². The predicted octanol–water partition coefficient (Wildman–Crippen LogP) is 2.77. The van der Waals surface area contributed by atoms with Crippen molar-refractivity contribution in [1.29, 1.82) is 0 Å². The summed E-state index contributed by atoms with van der Waals surface area (Å²) in [5.41, 5.74) is 3.90. The van der Waals surface area contributed by atoms with Gasteiger partial charge in [-0.05, 0) is 65.6 Å². The van der Waals surface area contributed by atoms with Gasteiger partial charge in [-0.1, -0.05) is 6.92 Å². The van der Waals surface area contributed by atoms with Gasteiger partial charge in [-0.2, -0.15) is 0 Å². The summed E-state index contributed by atoms with van der Waals surface area (Å²) in [5.74, 6) is 1.11. The van der Waals surface area contributed by atoms with E-state index >= 15 is 0 Å². The lowest BCUT2D eigenvalue weighted by Crippen LogP contribution is -2.09. The quantitative estimate of drug-likeness (QED) is 0.822. The molecule has 1 aliphatic carbocycles. The zero-order chi connectivity index (χ0) is 11.0. The topological polar surface area (TPSA) is 32.3 Å². The fraction of sp³-hybridized carbons (Fsp3) is 0.500. The van der Waals surface area contributed by atoms with Crippen LogP contribution < -0.4 is 5.32 Å². The van der Waals surface area contributed by atoms with Crippen LogP contribution >= 0.6 is 22.6 Å². The Bertz CT molecular complexity index is 390. The molecule has 0 radical (unpaired) electrons. The SMILES string of the molecule is CNCc1c(O)c(I)cc2c1CCC2C. The number of benzene rings is 1. The molecule has 0 fully saturated rings. The van der Waals surface area contributed by atoms with Crippen molar-refractivity contribution >= 4 is 22.6 Å². The Balaban J connectivity index is 2.57. The Labute approximate surface area is 104 Å². The monoisotopic (exact) mass is 317 g/mol. The number of aromatic hydroxyl groups is 1. The van der Waals surface area contributed by atoms with Crippen molar-refractivity contribution in [2.75, 3.05) is 7.05 Å². The maximum absolute atomic E-state index is 10.0. The lowest BCUT2D eigenvalue weighted by Gasteiger charge is -2.13. The maximum atomic E-state index is 10.0. The predicted molar refractivity (Wildman–Crippen MR) is 70.3 cm³/mol. The van der Waals surface area contributed by atoms with Gasteiger partial charge in [0.15, 0.2) is 0 Å². The van der Waals surface area contributed by atoms with Crippen LogP contribution in [-0.2, 0) is 13.0 Å². The van der Waals surface area contributed by atoms with E-state index in [-0.39, 0.29) is 0 Å². The Kier molecular flexibility index (Phi) is 3.21. The van der Waals surface area contributed by atoms with Gasteiger partial charge in [0, 0.05) is 12.1 Å². The van der Waals surface area contributed by atoms with Crippen LogP contribution in [0.3, 0.4) is 0 Å². The Hall–Kier alpha value is -0.290. The van der Waals surface area contributed by atoms with E-state index in [9.17, 15) is 5.11 Å². The van der Waals surface area contributed by atoms with E-state index in [1.165, 1.54) is 17.5 Å². The van der Waals surface area contributed by atoms with Gasteiger partial charge in [0.1, 0.15) is 5.75 Å². The van der Waals surface area contributed by atoms with Gasteiger partial charge >= 0.3 is 0 Å². The highest BCUT2D eigenvalue weighted by molar-refractivity contribution is 14.1. The molecule has 0 heterocycles. The summed E-state index contributed by atoms with van der Waals surface area (Å²) in [4.78, 5) is 0. The first-order valence-corrected chi connectivity index (χ1v) is 6.40. The van der Waals surface area contributed by atoms with Crippen molar-refractivity contribution in [3.63, 3.8) is 0 Å². The molecule has 1 aromatic rings. The summed E-state index contributed by atoms with van der Waals surface area (Å²) in [6.07, 6.45) is 2.32. The van der Waals surface area contributed by atoms with Crippen LogP contribution in [0.25, 0.3) is 0 Å². The number of nitrogens with one attached hydrogen (secondary N) is 1. The summed E-state index contributed by atoms with van der Waals surface area (Å²) in [7, 11) is 1.92. The number of halogens is 1. The number of phenolic OH excluding ortho intramolecular Hbond substituents is 1. The third kappa shape index (κ3) is 1.87. The van der Waals surface area contributed by atoms with Crippen LogP contribution in [0.1, 0.15) is 36.0 Å². The summed E-state index contributed by atoms with van der Waals surface area (Å²) in [6, 6.07) is 2.14. The third-order valence-electron chi connectivity index (χ3n) is 3.22. The summed E-state index contributed by atoms with van der Waals surface area (Å²) >= 11 is 2.22. The van der Waals surface area contributed by atoms with E-state index in [1.807, 2.05) is 7.05 Å². The first-order valence-electron chi connectivity index (χ1n) is 5.32. The van der Waals surface area contributed by atoms with Crippen molar-refractivity contribution in [2.24, 2.45) is 0 Å². The summed E-state index contributed by atoms with van der Waals surface area (Å²) in [6.45, 7) is 3.03. The third-order valence-corrected chi connectivity index (χ3v) is 4.04. The fourth-order valence-corrected chi connectivity index (χ4v) is 3.03. The molecule has 0 saturated carbocycles. The molecule has 1 unspecified atom stereocenters. The lowest BCUT2D eigenvalue weighted by atomic mass is 9.99. The Morgan fingerprint density at radius 3 is 3.00 bits per heavy atom. The van der Waals surface area contributed by atoms with Crippen LogP contribution in [0, 0.1) is 3.57 Å². The normalized spacial score (nSPS) is 19.3. The van der Waals surface area contributed by atoms with Crippen molar-refractivity contribution < 1.29 is 5.11 Å². The fourth-order valence-electron chi connectivity index (χ4n) is 2.37. The van der Waals surface area contributed by atoms with E-state index in [2.05, 4.69) is 40.9 Å². The maximum Gasteiger partial charge on any atom is 0.133 e. The van der Waals surface area contributed by atoms with Crippen molar-refractivity contribution in [3.8, 4) is 5.75 Å². The van der Waals surface area contributed by atoms with E-state index in [0.29, 0.717) is 11.7 Å². The van der Waals surface area contributed by atoms with Crippen LogP contribution in [0.2, 0.25) is 0 Å². The molecular weight excluding hydrogens is 301 g/mol. The minimum atomic E-state index is 0.470. The number of phenols is 1. The molecule has 0 spiro atoms. The largest absolute Gasteiger partial charge is 0.506 e. The molecule has 1 aliphatic rings. The summed E-state index contributed by atoms with van der Waals surface area (Å²) in [5, 5.41) is 13.2. The molecule has 1 atom stereocenters. The van der Waals surface area contributed by atoms with Gasteiger partial charge in [-0.25, -0.2) is 0 Å². The van der Waals surface area contributed by atoms with Crippen LogP contribution in [-0.4, -0.2) is 12.2 Å². The molecule has 0 saturated heterocycles. The molecular formula is C12H16INO. The Morgan fingerprint density at radius 1 is 1.60 bits per heavy atom. The molecule has 15 heavy (non-hydrogen) atoms. The first kappa shape index (κ1) is 11.2. The standard InChI is InChI=1S/C12H16INO/c1-7-3-4-8-9(7)5-11(13)12(15)10(8)6-14-2/h5,7,14-15H,3-4,6H2,1-2H3. The van der Waals surface area contributed by atoms with Crippen LogP contribution in [0.4, 0.5) is 0 Å². The second kappa shape index (κ2) is 4.29. The van der Waals surface area contributed by atoms with Crippen molar-refractivity contribution in [3.05, 3.63) is 26.3 Å². The molecule has 3 heteroatoms. The zero-order valence-corrected chi connectivity index (χ0v) is 11.3. The van der Waals surface area contributed by atoms with Crippen molar-refractivity contribution in [2.45, 2.75) is 32.2 Å².